The highest BCUT2D eigenvalue weighted by atomic mass is 19.1. The van der Waals surface area contributed by atoms with Crippen molar-refractivity contribution in [1.82, 2.24) is 5.32 Å². The van der Waals surface area contributed by atoms with Gasteiger partial charge in [-0.2, -0.15) is 0 Å². The molecule has 4 nitrogen and oxygen atoms in total. The first-order valence-corrected chi connectivity index (χ1v) is 6.48. The number of nitrogens with zero attached hydrogens (tertiary/aromatic N) is 1. The number of benzene rings is 1. The molecule has 1 rings (SSSR count). The number of amides is 1. The van der Waals surface area contributed by atoms with Crippen molar-refractivity contribution in [3.8, 4) is 0 Å². The first-order chi connectivity index (χ1) is 8.99. The summed E-state index contributed by atoms with van der Waals surface area (Å²) in [6.45, 7) is 6.71. The summed E-state index contributed by atoms with van der Waals surface area (Å²) in [4.78, 5) is 13.5. The summed E-state index contributed by atoms with van der Waals surface area (Å²) in [6.07, 6.45) is -0.783. The van der Waals surface area contributed by atoms with Gasteiger partial charge in [0.05, 0.1) is 12.6 Å². The molecule has 0 radical (unpaired) electrons. The Balaban J connectivity index is 3.00. The van der Waals surface area contributed by atoms with E-state index in [-0.39, 0.29) is 12.5 Å². The van der Waals surface area contributed by atoms with Gasteiger partial charge in [0.2, 0.25) is 5.91 Å². The third-order valence-corrected chi connectivity index (χ3v) is 2.87. The molecule has 0 aliphatic rings. The number of halogens is 1. The first-order valence-electron chi connectivity index (χ1n) is 6.48. The molecule has 1 amide bonds. The highest BCUT2D eigenvalue weighted by molar-refractivity contribution is 5.81. The molecule has 106 valence electrons. The van der Waals surface area contributed by atoms with Crippen LogP contribution in [0.2, 0.25) is 0 Å². The molecular formula is C14H21FN2O2. The minimum Gasteiger partial charge on any atom is -0.389 e. The third kappa shape index (κ3) is 4.21. The fraction of sp³-hybridized carbons (Fsp3) is 0.500. The highest BCUT2D eigenvalue weighted by Gasteiger charge is 2.16. The number of carbonyl (C=O) groups is 1. The zero-order valence-corrected chi connectivity index (χ0v) is 11.6. The van der Waals surface area contributed by atoms with Crippen molar-refractivity contribution in [2.75, 3.05) is 24.5 Å². The Kier molecular flexibility index (Phi) is 5.76. The van der Waals surface area contributed by atoms with E-state index < -0.39 is 11.9 Å². The van der Waals surface area contributed by atoms with Gasteiger partial charge in [0.1, 0.15) is 5.82 Å². The van der Waals surface area contributed by atoms with Crippen molar-refractivity contribution in [2.45, 2.75) is 26.9 Å². The molecule has 1 atom stereocenters. The van der Waals surface area contributed by atoms with Gasteiger partial charge in [0.25, 0.3) is 0 Å². The van der Waals surface area contributed by atoms with Crippen molar-refractivity contribution in [1.29, 1.82) is 0 Å². The van der Waals surface area contributed by atoms with Gasteiger partial charge in [-0.1, -0.05) is 0 Å². The molecular weight excluding hydrogens is 247 g/mol. The van der Waals surface area contributed by atoms with Crippen LogP contribution >= 0.6 is 0 Å². The molecule has 0 aliphatic heterocycles. The predicted octanol–water partition coefficient (Wildman–Crippen LogP) is 1.84. The molecule has 0 spiro atoms. The lowest BCUT2D eigenvalue weighted by atomic mass is 10.1. The predicted molar refractivity (Wildman–Crippen MR) is 73.6 cm³/mol. The fourth-order valence-corrected chi connectivity index (χ4v) is 1.94. The second-order valence-corrected chi connectivity index (χ2v) is 4.35. The molecule has 19 heavy (non-hydrogen) atoms. The van der Waals surface area contributed by atoms with E-state index in [1.165, 1.54) is 12.1 Å². The number of aliphatic hydroxyl groups is 1. The van der Waals surface area contributed by atoms with E-state index in [4.69, 9.17) is 0 Å². The Morgan fingerprint density at radius 3 is 2.68 bits per heavy atom. The first kappa shape index (κ1) is 15.4. The lowest BCUT2D eigenvalue weighted by Crippen LogP contribution is -2.37. The quantitative estimate of drug-likeness (QED) is 0.827. The monoisotopic (exact) mass is 268 g/mol. The lowest BCUT2D eigenvalue weighted by Gasteiger charge is -2.26. The number of anilines is 1. The lowest BCUT2D eigenvalue weighted by molar-refractivity contribution is -0.119. The molecule has 1 aromatic rings. The van der Waals surface area contributed by atoms with Crippen LogP contribution in [0, 0.1) is 5.82 Å². The van der Waals surface area contributed by atoms with Gasteiger partial charge in [-0.05, 0) is 39.0 Å². The van der Waals surface area contributed by atoms with E-state index in [2.05, 4.69) is 5.32 Å². The molecule has 0 fully saturated rings. The van der Waals surface area contributed by atoms with Crippen LogP contribution in [-0.2, 0) is 4.79 Å². The Labute approximate surface area is 113 Å². The standard InChI is InChI=1S/C14H21FN2O2/c1-4-16-14(19)9-17(5-2)13-7-6-11(15)8-12(13)10(3)18/h6-8,10,18H,4-5,9H2,1-3H3,(H,16,19)/t10-/m0/s1. The molecule has 5 heteroatoms. The van der Waals surface area contributed by atoms with Crippen LogP contribution in [0.5, 0.6) is 0 Å². The van der Waals surface area contributed by atoms with Crippen LogP contribution in [-0.4, -0.2) is 30.6 Å². The number of rotatable bonds is 6. The summed E-state index contributed by atoms with van der Waals surface area (Å²) < 4.78 is 13.2. The van der Waals surface area contributed by atoms with E-state index in [0.717, 1.165) is 0 Å². The van der Waals surface area contributed by atoms with Crippen LogP contribution in [0.3, 0.4) is 0 Å². The van der Waals surface area contributed by atoms with Crippen LogP contribution in [0.25, 0.3) is 0 Å². The van der Waals surface area contributed by atoms with Crippen LogP contribution < -0.4 is 10.2 Å². The van der Waals surface area contributed by atoms with E-state index in [0.29, 0.717) is 24.3 Å². The molecule has 0 saturated heterocycles. The summed E-state index contributed by atoms with van der Waals surface area (Å²) in [7, 11) is 0. The second kappa shape index (κ2) is 7.09. The Hall–Kier alpha value is -1.62. The summed E-state index contributed by atoms with van der Waals surface area (Å²) in [5.41, 5.74) is 1.18. The van der Waals surface area contributed by atoms with E-state index in [9.17, 15) is 14.3 Å². The molecule has 0 aliphatic carbocycles. The summed E-state index contributed by atoms with van der Waals surface area (Å²) >= 11 is 0. The van der Waals surface area contributed by atoms with Gasteiger partial charge in [-0.25, -0.2) is 4.39 Å². The van der Waals surface area contributed by atoms with Gasteiger partial charge in [-0.15, -0.1) is 0 Å². The largest absolute Gasteiger partial charge is 0.389 e. The normalized spacial score (nSPS) is 12.1. The highest BCUT2D eigenvalue weighted by Crippen LogP contribution is 2.27. The van der Waals surface area contributed by atoms with Gasteiger partial charge in [0.15, 0.2) is 0 Å². The van der Waals surface area contributed by atoms with Crippen molar-refractivity contribution in [2.24, 2.45) is 0 Å². The van der Waals surface area contributed by atoms with Gasteiger partial charge in [-0.3, -0.25) is 4.79 Å². The second-order valence-electron chi connectivity index (χ2n) is 4.35. The zero-order valence-electron chi connectivity index (χ0n) is 11.6. The van der Waals surface area contributed by atoms with E-state index in [1.54, 1.807) is 13.0 Å². The number of hydrogen-bond donors (Lipinski definition) is 2. The number of aliphatic hydroxyl groups excluding tert-OH is 1. The zero-order chi connectivity index (χ0) is 14.4. The molecule has 0 aromatic heterocycles. The molecule has 2 N–H and O–H groups in total. The third-order valence-electron chi connectivity index (χ3n) is 2.87. The Bertz CT molecular complexity index is 435. The van der Waals surface area contributed by atoms with Crippen molar-refractivity contribution in [3.63, 3.8) is 0 Å². The SMILES string of the molecule is CCNC(=O)CN(CC)c1ccc(F)cc1[C@H](C)O. The topological polar surface area (TPSA) is 52.6 Å². The summed E-state index contributed by atoms with van der Waals surface area (Å²) in [6, 6.07) is 4.24. The molecule has 1 aromatic carbocycles. The van der Waals surface area contributed by atoms with Crippen LogP contribution in [0.1, 0.15) is 32.4 Å². The van der Waals surface area contributed by atoms with Gasteiger partial charge < -0.3 is 15.3 Å². The smallest absolute Gasteiger partial charge is 0.239 e. The van der Waals surface area contributed by atoms with Gasteiger partial charge >= 0.3 is 0 Å². The minimum absolute atomic E-state index is 0.0924. The maximum Gasteiger partial charge on any atom is 0.239 e. The average Bonchev–Trinajstić information content (AvgIpc) is 2.36. The number of likely N-dealkylation sites (N-methyl/N-ethyl adjacent to an activating group) is 2. The maximum atomic E-state index is 13.2. The molecule has 0 saturated carbocycles. The van der Waals surface area contributed by atoms with Crippen LogP contribution in [0.15, 0.2) is 18.2 Å². The number of hydrogen-bond acceptors (Lipinski definition) is 3. The fourth-order valence-electron chi connectivity index (χ4n) is 1.94. The minimum atomic E-state index is -0.783. The van der Waals surface area contributed by atoms with Crippen molar-refractivity contribution >= 4 is 11.6 Å². The van der Waals surface area contributed by atoms with E-state index >= 15 is 0 Å². The number of nitrogens with one attached hydrogen (secondary N) is 1. The molecule has 0 heterocycles. The molecule has 0 unspecified atom stereocenters. The Morgan fingerprint density at radius 1 is 1.47 bits per heavy atom. The van der Waals surface area contributed by atoms with Crippen molar-refractivity contribution < 1.29 is 14.3 Å². The summed E-state index contributed by atoms with van der Waals surface area (Å²) in [5.74, 6) is -0.487. The van der Waals surface area contributed by atoms with E-state index in [1.807, 2.05) is 18.7 Å². The van der Waals surface area contributed by atoms with Crippen molar-refractivity contribution in [3.05, 3.63) is 29.6 Å². The average molecular weight is 268 g/mol. The molecule has 0 bridgehead atoms. The maximum absolute atomic E-state index is 13.2. The summed E-state index contributed by atoms with van der Waals surface area (Å²) in [5, 5.41) is 12.4. The number of carbonyl (C=O) groups excluding carboxylic acids is 1. The van der Waals surface area contributed by atoms with Crippen LogP contribution in [0.4, 0.5) is 10.1 Å². The Morgan fingerprint density at radius 2 is 2.16 bits per heavy atom. The van der Waals surface area contributed by atoms with Gasteiger partial charge in [0, 0.05) is 24.3 Å².